The zero-order chi connectivity index (χ0) is 13.7. The molecule has 0 heterocycles. The lowest BCUT2D eigenvalue weighted by molar-refractivity contribution is 0.0243. The van der Waals surface area contributed by atoms with Crippen LogP contribution in [0.15, 0.2) is 23.3 Å². The van der Waals surface area contributed by atoms with E-state index in [1.165, 1.54) is 18.2 Å². The third kappa shape index (κ3) is 3.11. The number of azide groups is 1. The summed E-state index contributed by atoms with van der Waals surface area (Å²) in [6, 6.07) is 3.67. The van der Waals surface area contributed by atoms with E-state index in [1.54, 1.807) is 0 Å². The largest absolute Gasteiger partial charge is 0.507 e. The lowest BCUT2D eigenvalue weighted by Gasteiger charge is -2.17. The van der Waals surface area contributed by atoms with E-state index in [0.29, 0.717) is 0 Å². The Morgan fingerprint density at radius 3 is 2.72 bits per heavy atom. The van der Waals surface area contributed by atoms with Crippen molar-refractivity contribution < 1.29 is 20.1 Å². The number of nitrogens with zero attached hydrogens (tertiary/aromatic N) is 3. The molecule has 0 saturated carbocycles. The number of aromatic hydroxyl groups is 1. The Balaban J connectivity index is 2.99. The number of carbonyl (C=O) groups excluding carboxylic acids is 1. The van der Waals surface area contributed by atoms with Crippen LogP contribution in [0.5, 0.6) is 5.75 Å². The second kappa shape index (κ2) is 5.87. The highest BCUT2D eigenvalue weighted by Gasteiger charge is 2.19. The number of primary amides is 1. The zero-order valence-corrected chi connectivity index (χ0v) is 9.26. The van der Waals surface area contributed by atoms with Crippen LogP contribution in [0.3, 0.4) is 0 Å². The van der Waals surface area contributed by atoms with E-state index in [0.717, 1.165) is 0 Å². The minimum absolute atomic E-state index is 0.164. The molecule has 2 unspecified atom stereocenters. The molecule has 8 nitrogen and oxygen atoms in total. The van der Waals surface area contributed by atoms with Gasteiger partial charge in [0, 0.05) is 4.91 Å². The summed E-state index contributed by atoms with van der Waals surface area (Å²) in [5.74, 6) is -1.17. The van der Waals surface area contributed by atoms with E-state index in [9.17, 15) is 20.1 Å². The van der Waals surface area contributed by atoms with E-state index in [2.05, 4.69) is 10.0 Å². The Kier molecular flexibility index (Phi) is 4.50. The molecule has 1 rings (SSSR count). The van der Waals surface area contributed by atoms with Crippen molar-refractivity contribution in [2.45, 2.75) is 12.2 Å². The number of hydrogen-bond acceptors (Lipinski definition) is 5. The van der Waals surface area contributed by atoms with Crippen LogP contribution in [0.4, 0.5) is 0 Å². The highest BCUT2D eigenvalue weighted by molar-refractivity contribution is 5.95. The molecular formula is C10H12N4O4. The fourth-order valence-electron chi connectivity index (χ4n) is 1.38. The fraction of sp³-hybridized carbons (Fsp3) is 0.300. The molecular weight excluding hydrogens is 240 g/mol. The van der Waals surface area contributed by atoms with Crippen LogP contribution >= 0.6 is 0 Å². The van der Waals surface area contributed by atoms with Gasteiger partial charge in [-0.1, -0.05) is 11.2 Å². The standard InChI is InChI=1S/C10H12N4O4/c11-10(18)6-3-5(1-2-7(6)15)9(17)8(16)4-13-14-12/h1-3,8-9,15-17H,4H2,(H2,11,18). The van der Waals surface area contributed by atoms with Gasteiger partial charge in [-0.2, -0.15) is 0 Å². The summed E-state index contributed by atoms with van der Waals surface area (Å²) < 4.78 is 0. The van der Waals surface area contributed by atoms with Crippen LogP contribution in [0.2, 0.25) is 0 Å². The molecule has 0 radical (unpaired) electrons. The summed E-state index contributed by atoms with van der Waals surface area (Å²) in [5, 5.41) is 31.7. The van der Waals surface area contributed by atoms with Crippen LogP contribution < -0.4 is 5.73 Å². The summed E-state index contributed by atoms with van der Waals surface area (Å²) in [5.41, 5.74) is 13.1. The van der Waals surface area contributed by atoms with E-state index in [-0.39, 0.29) is 23.4 Å². The van der Waals surface area contributed by atoms with E-state index in [4.69, 9.17) is 11.3 Å². The van der Waals surface area contributed by atoms with Crippen molar-refractivity contribution >= 4 is 5.91 Å². The Morgan fingerprint density at radius 2 is 2.17 bits per heavy atom. The number of rotatable bonds is 5. The number of aliphatic hydroxyl groups excluding tert-OH is 2. The van der Waals surface area contributed by atoms with E-state index in [1.807, 2.05) is 0 Å². The maximum absolute atomic E-state index is 11.0. The zero-order valence-electron chi connectivity index (χ0n) is 9.26. The van der Waals surface area contributed by atoms with E-state index < -0.39 is 18.1 Å². The van der Waals surface area contributed by atoms with Gasteiger partial charge in [0.05, 0.1) is 18.2 Å². The molecule has 0 bridgehead atoms. The number of nitrogens with two attached hydrogens (primary N) is 1. The predicted octanol–water partition coefficient (Wildman–Crippen LogP) is 0.196. The third-order valence-corrected chi connectivity index (χ3v) is 2.32. The number of amides is 1. The molecule has 96 valence electrons. The fourth-order valence-corrected chi connectivity index (χ4v) is 1.38. The van der Waals surface area contributed by atoms with Crippen LogP contribution in [0.1, 0.15) is 22.0 Å². The SMILES string of the molecule is [N-]=[N+]=NCC(O)C(O)c1ccc(O)c(C(N)=O)c1. The van der Waals surface area contributed by atoms with Gasteiger partial charge in [-0.25, -0.2) is 0 Å². The van der Waals surface area contributed by atoms with Crippen LogP contribution in [-0.4, -0.2) is 33.9 Å². The van der Waals surface area contributed by atoms with Crippen molar-refractivity contribution in [1.82, 2.24) is 0 Å². The first-order valence-corrected chi connectivity index (χ1v) is 4.97. The Hall–Kier alpha value is -2.28. The van der Waals surface area contributed by atoms with Gasteiger partial charge >= 0.3 is 0 Å². The van der Waals surface area contributed by atoms with Crippen LogP contribution in [0, 0.1) is 0 Å². The molecule has 0 aliphatic rings. The molecule has 2 atom stereocenters. The molecule has 5 N–H and O–H groups in total. The molecule has 18 heavy (non-hydrogen) atoms. The van der Waals surface area contributed by atoms with Crippen molar-refractivity contribution in [2.75, 3.05) is 6.54 Å². The number of carbonyl (C=O) groups is 1. The van der Waals surface area contributed by atoms with Gasteiger partial charge in [0.25, 0.3) is 5.91 Å². The monoisotopic (exact) mass is 252 g/mol. The highest BCUT2D eigenvalue weighted by atomic mass is 16.3. The Morgan fingerprint density at radius 1 is 1.50 bits per heavy atom. The molecule has 0 aliphatic carbocycles. The van der Waals surface area contributed by atoms with Crippen molar-refractivity contribution in [1.29, 1.82) is 0 Å². The minimum Gasteiger partial charge on any atom is -0.507 e. The molecule has 0 saturated heterocycles. The second-order valence-electron chi connectivity index (χ2n) is 3.57. The second-order valence-corrected chi connectivity index (χ2v) is 3.57. The first kappa shape index (κ1) is 13.8. The number of phenols is 1. The number of hydrogen-bond donors (Lipinski definition) is 4. The normalized spacial score (nSPS) is 13.4. The lowest BCUT2D eigenvalue weighted by atomic mass is 10.0. The van der Waals surface area contributed by atoms with Gasteiger partial charge in [-0.05, 0) is 23.2 Å². The predicted molar refractivity (Wildman–Crippen MR) is 61.6 cm³/mol. The first-order chi connectivity index (χ1) is 8.47. The smallest absolute Gasteiger partial charge is 0.252 e. The average Bonchev–Trinajstić information content (AvgIpc) is 2.35. The highest BCUT2D eigenvalue weighted by Crippen LogP contribution is 2.24. The van der Waals surface area contributed by atoms with Crippen molar-refractivity contribution in [3.63, 3.8) is 0 Å². The molecule has 1 aromatic rings. The molecule has 1 aromatic carbocycles. The van der Waals surface area contributed by atoms with Gasteiger partial charge < -0.3 is 21.1 Å². The average molecular weight is 252 g/mol. The third-order valence-electron chi connectivity index (χ3n) is 2.32. The molecule has 0 aliphatic heterocycles. The van der Waals surface area contributed by atoms with E-state index >= 15 is 0 Å². The summed E-state index contributed by atoms with van der Waals surface area (Å²) >= 11 is 0. The maximum atomic E-state index is 11.0. The van der Waals surface area contributed by atoms with Gasteiger partial charge in [0.15, 0.2) is 0 Å². The first-order valence-electron chi connectivity index (χ1n) is 4.97. The van der Waals surface area contributed by atoms with Gasteiger partial charge in [0.2, 0.25) is 0 Å². The number of benzene rings is 1. The molecule has 1 amide bonds. The minimum atomic E-state index is -1.35. The van der Waals surface area contributed by atoms with Crippen molar-refractivity contribution in [2.24, 2.45) is 10.8 Å². The summed E-state index contributed by atoms with van der Waals surface area (Å²) in [4.78, 5) is 13.4. The molecule has 0 aromatic heterocycles. The van der Waals surface area contributed by atoms with Crippen molar-refractivity contribution in [3.05, 3.63) is 39.8 Å². The molecule has 0 fully saturated rings. The maximum Gasteiger partial charge on any atom is 0.252 e. The van der Waals surface area contributed by atoms with Gasteiger partial charge in [-0.15, -0.1) is 0 Å². The summed E-state index contributed by atoms with van der Waals surface area (Å²) in [6.45, 7) is -0.315. The van der Waals surface area contributed by atoms with Crippen molar-refractivity contribution in [3.8, 4) is 5.75 Å². The van der Waals surface area contributed by atoms with Crippen LogP contribution in [0.25, 0.3) is 10.4 Å². The van der Waals surface area contributed by atoms with Crippen LogP contribution in [-0.2, 0) is 0 Å². The van der Waals surface area contributed by atoms with Gasteiger partial charge in [-0.3, -0.25) is 4.79 Å². The van der Waals surface area contributed by atoms with Gasteiger partial charge in [0.1, 0.15) is 11.9 Å². The quantitative estimate of drug-likeness (QED) is 0.335. The topological polar surface area (TPSA) is 153 Å². The Bertz CT molecular complexity index is 499. The molecule has 8 heteroatoms. The molecule has 0 spiro atoms. The Labute approximate surface area is 102 Å². The summed E-state index contributed by atoms with van der Waals surface area (Å²) in [7, 11) is 0. The summed E-state index contributed by atoms with van der Waals surface area (Å²) in [6.07, 6.45) is -2.67. The lowest BCUT2D eigenvalue weighted by Crippen LogP contribution is -2.21. The number of aliphatic hydroxyl groups is 2.